The minimum atomic E-state index is -2.19. The van der Waals surface area contributed by atoms with Crippen LogP contribution >= 0.6 is 33.2 Å². The second-order valence-corrected chi connectivity index (χ2v) is 10.9. The van der Waals surface area contributed by atoms with Crippen LogP contribution in [0.4, 0.5) is 0 Å². The fourth-order valence-electron chi connectivity index (χ4n) is 0. The summed E-state index contributed by atoms with van der Waals surface area (Å²) in [5, 5.41) is 0. The first kappa shape index (κ1) is 6.68. The first-order valence-electron chi connectivity index (χ1n) is 1.07. The molecule has 0 rings (SSSR count). The summed E-state index contributed by atoms with van der Waals surface area (Å²) in [7, 11) is 0. The van der Waals surface area contributed by atoms with Crippen molar-refractivity contribution in [2.75, 3.05) is 0 Å². The van der Waals surface area contributed by atoms with Crippen molar-refractivity contribution in [1.82, 2.24) is 0 Å². The van der Waals surface area contributed by atoms with E-state index in [0.717, 1.165) is 0 Å². The molecule has 0 aliphatic carbocycles. The molecule has 0 aliphatic heterocycles. The van der Waals surface area contributed by atoms with Crippen molar-refractivity contribution >= 4 is 54.6 Å². The van der Waals surface area contributed by atoms with Crippen molar-refractivity contribution in [2.45, 2.75) is 0 Å². The van der Waals surface area contributed by atoms with Gasteiger partial charge in [0.15, 0.2) is 0 Å². The quantitative estimate of drug-likeness (QED) is 0.352. The van der Waals surface area contributed by atoms with Gasteiger partial charge >= 0.3 is 54.6 Å². The molecule has 0 aliphatic rings. The van der Waals surface area contributed by atoms with Gasteiger partial charge in [0, 0.05) is 0 Å². The van der Waals surface area contributed by atoms with E-state index in [1.807, 2.05) is 0 Å². The van der Waals surface area contributed by atoms with Gasteiger partial charge in [-0.25, -0.2) is 0 Å². The summed E-state index contributed by atoms with van der Waals surface area (Å²) < 4.78 is -2.19. The number of halogens is 3. The molecule has 0 saturated heterocycles. The van der Waals surface area contributed by atoms with Crippen LogP contribution in [0.5, 0.6) is 0 Å². The molecule has 0 bridgehead atoms. The molecule has 0 nitrogen and oxygen atoms in total. The van der Waals surface area contributed by atoms with E-state index < -0.39 is 4.33 Å². The predicted octanol–water partition coefficient (Wildman–Crippen LogP) is 1.31. The second kappa shape index (κ2) is 2.11. The molecule has 26 valence electrons. The molecule has 5 heavy (non-hydrogen) atoms. The standard InChI is InChI=1S/Cl3Si.Li/c1-4(2)3;. The zero-order valence-corrected chi connectivity index (χ0v) is 5.90. The average molecular weight is 141 g/mol. The van der Waals surface area contributed by atoms with Gasteiger partial charge in [0.1, 0.15) is 0 Å². The Balaban J connectivity index is 3.02. The summed E-state index contributed by atoms with van der Waals surface area (Å²) in [5.74, 6) is 0. The van der Waals surface area contributed by atoms with Crippen LogP contribution in [-0.4, -0.2) is 21.4 Å². The molecule has 0 aromatic heterocycles. The number of hydrogen-bond donors (Lipinski definition) is 0. The SMILES string of the molecule is [Li][Si](Cl)(Cl)Cl. The van der Waals surface area contributed by atoms with Crippen molar-refractivity contribution in [3.05, 3.63) is 0 Å². The van der Waals surface area contributed by atoms with Gasteiger partial charge in [-0.1, -0.05) is 0 Å². The van der Waals surface area contributed by atoms with Gasteiger partial charge in [-0.15, -0.1) is 0 Å². The third-order valence-corrected chi connectivity index (χ3v) is 0. The Labute approximate surface area is 54.5 Å². The molecule has 0 amide bonds. The van der Waals surface area contributed by atoms with Gasteiger partial charge in [-0.3, -0.25) is 0 Å². The third kappa shape index (κ3) is 27.2. The van der Waals surface area contributed by atoms with Crippen LogP contribution < -0.4 is 0 Å². The normalized spacial score (nSPS) is 12.2. The fourth-order valence-corrected chi connectivity index (χ4v) is 0. The van der Waals surface area contributed by atoms with Gasteiger partial charge in [-0.05, 0) is 0 Å². The molecule has 0 aromatic rings. The van der Waals surface area contributed by atoms with Crippen LogP contribution in [0.2, 0.25) is 0 Å². The number of hydrogen-bond acceptors (Lipinski definition) is 0. The van der Waals surface area contributed by atoms with Crippen molar-refractivity contribution < 1.29 is 0 Å². The van der Waals surface area contributed by atoms with Crippen molar-refractivity contribution in [2.24, 2.45) is 0 Å². The van der Waals surface area contributed by atoms with E-state index in [1.165, 1.54) is 0 Å². The Hall–Kier alpha value is 1.68. The first-order chi connectivity index (χ1) is 2.00. The summed E-state index contributed by atoms with van der Waals surface area (Å²) in [6.45, 7) is 0. The van der Waals surface area contributed by atoms with Crippen LogP contribution in [0.25, 0.3) is 0 Å². The van der Waals surface area contributed by atoms with Crippen molar-refractivity contribution in [3.63, 3.8) is 0 Å². The molecule has 0 fully saturated rings. The van der Waals surface area contributed by atoms with Crippen LogP contribution in [0.15, 0.2) is 0 Å². The van der Waals surface area contributed by atoms with Gasteiger partial charge in [0.05, 0.1) is 0 Å². The van der Waals surface area contributed by atoms with Crippen LogP contribution in [-0.2, 0) is 0 Å². The topological polar surface area (TPSA) is 0 Å². The minimum absolute atomic E-state index is 1.62. The summed E-state index contributed by atoms with van der Waals surface area (Å²) in [6, 6.07) is 0. The number of rotatable bonds is 0. The Morgan fingerprint density at radius 3 is 1.20 bits per heavy atom. The summed E-state index contributed by atoms with van der Waals surface area (Å²) in [4.78, 5) is 0. The van der Waals surface area contributed by atoms with Gasteiger partial charge in [0.25, 0.3) is 0 Å². The van der Waals surface area contributed by atoms with E-state index in [4.69, 9.17) is 33.2 Å². The Bertz CT molecular complexity index is 22.4. The van der Waals surface area contributed by atoms with Crippen LogP contribution in [0.3, 0.4) is 0 Å². The van der Waals surface area contributed by atoms with Gasteiger partial charge in [0.2, 0.25) is 0 Å². The van der Waals surface area contributed by atoms with Crippen LogP contribution in [0.1, 0.15) is 0 Å². The molecule has 0 radical (unpaired) electrons. The third-order valence-electron chi connectivity index (χ3n) is 0. The summed E-state index contributed by atoms with van der Waals surface area (Å²) in [6.07, 6.45) is 0. The fraction of sp³-hybridized carbons (Fsp3) is 0. The molecule has 0 heterocycles. The van der Waals surface area contributed by atoms with E-state index >= 15 is 0 Å². The van der Waals surface area contributed by atoms with E-state index in [1.54, 1.807) is 17.0 Å². The summed E-state index contributed by atoms with van der Waals surface area (Å²) in [5.41, 5.74) is 0. The van der Waals surface area contributed by atoms with Gasteiger partial charge in [-0.2, -0.15) is 0 Å². The second-order valence-electron chi connectivity index (χ2n) is 0.781. The maximum atomic E-state index is 5.20. The average Bonchev–Trinajstić information content (AvgIpc) is 0.722. The van der Waals surface area contributed by atoms with E-state index in [9.17, 15) is 0 Å². The monoisotopic (exact) mass is 140 g/mol. The molecular weight excluding hydrogens is 141 g/mol. The molecule has 0 aromatic carbocycles. The van der Waals surface area contributed by atoms with Crippen molar-refractivity contribution in [1.29, 1.82) is 0 Å². The first-order valence-corrected chi connectivity index (χ1v) is 6.60. The zero-order chi connectivity index (χ0) is 4.50. The molecule has 0 atom stereocenters. The van der Waals surface area contributed by atoms with E-state index in [0.29, 0.717) is 0 Å². The maximum absolute atomic E-state index is 5.20. The zero-order valence-electron chi connectivity index (χ0n) is 2.63. The van der Waals surface area contributed by atoms with E-state index in [-0.39, 0.29) is 0 Å². The molecule has 0 N–H and O–H groups in total. The van der Waals surface area contributed by atoms with Crippen LogP contribution in [0, 0.1) is 0 Å². The molecular formula is Cl3LiSi. The molecule has 0 spiro atoms. The Morgan fingerprint density at radius 2 is 1.20 bits per heavy atom. The summed E-state index contributed by atoms with van der Waals surface area (Å²) >= 11 is 17.2. The predicted molar refractivity (Wildman–Crippen MR) is 29.1 cm³/mol. The Kier molecular flexibility index (Phi) is 2.82. The van der Waals surface area contributed by atoms with Crippen molar-refractivity contribution in [3.8, 4) is 0 Å². The molecule has 5 heteroatoms. The van der Waals surface area contributed by atoms with Gasteiger partial charge < -0.3 is 0 Å². The van der Waals surface area contributed by atoms with E-state index in [2.05, 4.69) is 0 Å². The molecule has 0 unspecified atom stereocenters. The molecule has 0 saturated carbocycles. The Morgan fingerprint density at radius 1 is 1.20 bits per heavy atom.